The fourth-order valence-electron chi connectivity index (χ4n) is 2.74. The molecular weight excluding hydrogens is 466 g/mol. The van der Waals surface area contributed by atoms with Gasteiger partial charge in [-0.15, -0.1) is 0 Å². The van der Waals surface area contributed by atoms with Crippen LogP contribution in [0.2, 0.25) is 0 Å². The maximum Gasteiger partial charge on any atom is 0.490 e. The maximum atomic E-state index is 10.6. The molecule has 3 heterocycles. The summed E-state index contributed by atoms with van der Waals surface area (Å²) in [7, 11) is 0. The lowest BCUT2D eigenvalue weighted by atomic mass is 10.0. The molecule has 184 valence electrons. The van der Waals surface area contributed by atoms with E-state index in [9.17, 15) is 31.4 Å². The van der Waals surface area contributed by atoms with E-state index in [0.29, 0.717) is 0 Å². The van der Waals surface area contributed by atoms with Gasteiger partial charge in [0.2, 0.25) is 0 Å². The van der Waals surface area contributed by atoms with Gasteiger partial charge < -0.3 is 19.7 Å². The standard InChI is InChI=1S/C15H18N2O2.2C2HF3O2/c18-15-3-6-17(10-13-4-7-19-11-13)14(15)8-12-2-1-5-16-9-12;2*3-2(4,5)1(6)7/h1-2,4-5,7,9,11,14-15,18H,3,6,8,10H2;2*(H,6,7)/t14-,15-;;/m0../s1. The summed E-state index contributed by atoms with van der Waals surface area (Å²) in [5.41, 5.74) is 2.33. The van der Waals surface area contributed by atoms with Crippen LogP contribution in [0.3, 0.4) is 0 Å². The molecule has 2 aromatic heterocycles. The number of aliphatic hydroxyl groups excluding tert-OH is 1. The van der Waals surface area contributed by atoms with E-state index in [-0.39, 0.29) is 12.1 Å². The molecule has 3 rings (SSSR count). The average molecular weight is 486 g/mol. The van der Waals surface area contributed by atoms with Crippen LogP contribution in [0.5, 0.6) is 0 Å². The highest BCUT2D eigenvalue weighted by Gasteiger charge is 2.39. The number of pyridine rings is 1. The summed E-state index contributed by atoms with van der Waals surface area (Å²) in [5, 5.41) is 24.4. The van der Waals surface area contributed by atoms with Crippen molar-refractivity contribution in [2.24, 2.45) is 0 Å². The van der Waals surface area contributed by atoms with Crippen LogP contribution in [0.4, 0.5) is 26.3 Å². The number of aliphatic hydroxyl groups is 1. The van der Waals surface area contributed by atoms with Crippen molar-refractivity contribution in [3.8, 4) is 0 Å². The molecule has 1 aliphatic rings. The average Bonchev–Trinajstić information content (AvgIpc) is 3.34. The summed E-state index contributed by atoms with van der Waals surface area (Å²) in [4.78, 5) is 24.3. The fourth-order valence-corrected chi connectivity index (χ4v) is 2.74. The lowest BCUT2D eigenvalue weighted by Gasteiger charge is -2.25. The molecule has 14 heteroatoms. The van der Waals surface area contributed by atoms with Gasteiger partial charge in [0.05, 0.1) is 18.6 Å². The highest BCUT2D eigenvalue weighted by molar-refractivity contribution is 5.73. The van der Waals surface area contributed by atoms with Crippen molar-refractivity contribution in [3.63, 3.8) is 0 Å². The van der Waals surface area contributed by atoms with Crippen LogP contribution < -0.4 is 0 Å². The zero-order chi connectivity index (χ0) is 25.2. The first-order valence-electron chi connectivity index (χ1n) is 9.14. The van der Waals surface area contributed by atoms with E-state index in [0.717, 1.165) is 31.5 Å². The molecule has 0 bridgehead atoms. The van der Waals surface area contributed by atoms with Gasteiger partial charge in [-0.1, -0.05) is 6.07 Å². The van der Waals surface area contributed by atoms with Gasteiger partial charge in [-0.3, -0.25) is 9.88 Å². The number of carboxylic acid groups (broad SMARTS) is 2. The SMILES string of the molecule is O=C(O)C(F)(F)F.O=C(O)C(F)(F)F.O[C@H]1CCN(Cc2ccoc2)[C@H]1Cc1cccnc1. The normalized spacial score (nSPS) is 18.5. The Morgan fingerprint density at radius 2 is 1.64 bits per heavy atom. The lowest BCUT2D eigenvalue weighted by molar-refractivity contribution is -0.193. The van der Waals surface area contributed by atoms with Crippen molar-refractivity contribution in [2.75, 3.05) is 6.54 Å². The first-order chi connectivity index (χ1) is 15.2. The molecule has 1 aliphatic heterocycles. The van der Waals surface area contributed by atoms with Gasteiger partial charge in [0.25, 0.3) is 0 Å². The Morgan fingerprint density at radius 1 is 1.06 bits per heavy atom. The number of aliphatic carboxylic acids is 2. The topological polar surface area (TPSA) is 124 Å². The fraction of sp³-hybridized carbons (Fsp3) is 0.421. The van der Waals surface area contributed by atoms with E-state index >= 15 is 0 Å². The molecule has 1 fully saturated rings. The van der Waals surface area contributed by atoms with E-state index in [4.69, 9.17) is 24.2 Å². The minimum atomic E-state index is -5.08. The smallest absolute Gasteiger partial charge is 0.475 e. The lowest BCUT2D eigenvalue weighted by Crippen LogP contribution is -2.36. The van der Waals surface area contributed by atoms with Crippen molar-refractivity contribution in [3.05, 3.63) is 54.2 Å². The Hall–Kier alpha value is -3.13. The van der Waals surface area contributed by atoms with E-state index in [1.807, 2.05) is 18.3 Å². The number of aromatic nitrogens is 1. The molecule has 0 aromatic carbocycles. The summed E-state index contributed by atoms with van der Waals surface area (Å²) in [5.74, 6) is -5.51. The Bertz CT molecular complexity index is 834. The minimum absolute atomic E-state index is 0.166. The van der Waals surface area contributed by atoms with Gasteiger partial charge in [0.1, 0.15) is 0 Å². The van der Waals surface area contributed by atoms with Gasteiger partial charge in [-0.2, -0.15) is 26.3 Å². The molecule has 3 N–H and O–H groups in total. The first kappa shape index (κ1) is 27.9. The van der Waals surface area contributed by atoms with E-state index < -0.39 is 24.3 Å². The zero-order valence-corrected chi connectivity index (χ0v) is 16.8. The number of hydrogen-bond donors (Lipinski definition) is 3. The first-order valence-corrected chi connectivity index (χ1v) is 9.14. The zero-order valence-electron chi connectivity index (χ0n) is 16.8. The van der Waals surface area contributed by atoms with Crippen molar-refractivity contribution >= 4 is 11.9 Å². The number of rotatable bonds is 4. The molecule has 2 atom stereocenters. The number of alkyl halides is 6. The number of furan rings is 1. The highest BCUT2D eigenvalue weighted by Crippen LogP contribution is 2.24. The molecule has 33 heavy (non-hydrogen) atoms. The van der Waals surface area contributed by atoms with E-state index in [2.05, 4.69) is 16.0 Å². The van der Waals surface area contributed by atoms with Crippen molar-refractivity contribution < 1.29 is 55.7 Å². The molecule has 0 radical (unpaired) electrons. The number of carbonyl (C=O) groups is 2. The van der Waals surface area contributed by atoms with Gasteiger partial charge >= 0.3 is 24.3 Å². The molecule has 0 unspecified atom stereocenters. The third kappa shape index (κ3) is 10.4. The number of likely N-dealkylation sites (tertiary alicyclic amines) is 1. The highest BCUT2D eigenvalue weighted by atomic mass is 19.4. The summed E-state index contributed by atoms with van der Waals surface area (Å²) in [6, 6.07) is 6.15. The van der Waals surface area contributed by atoms with Crippen molar-refractivity contribution in [1.29, 1.82) is 0 Å². The number of halogens is 6. The molecule has 2 aromatic rings. The minimum Gasteiger partial charge on any atom is -0.475 e. The second-order valence-corrected chi connectivity index (χ2v) is 6.70. The second kappa shape index (κ2) is 12.2. The van der Waals surface area contributed by atoms with E-state index in [1.165, 1.54) is 5.56 Å². The predicted octanol–water partition coefficient (Wildman–Crippen LogP) is 3.12. The summed E-state index contributed by atoms with van der Waals surface area (Å²) in [6.07, 6.45) is -1.63. The predicted molar refractivity (Wildman–Crippen MR) is 98.9 cm³/mol. The Kier molecular flexibility index (Phi) is 10.3. The van der Waals surface area contributed by atoms with Crippen LogP contribution in [0, 0.1) is 0 Å². The third-order valence-electron chi connectivity index (χ3n) is 4.24. The van der Waals surface area contributed by atoms with Crippen LogP contribution >= 0.6 is 0 Å². The molecule has 8 nitrogen and oxygen atoms in total. The Morgan fingerprint density at radius 3 is 2.06 bits per heavy atom. The van der Waals surface area contributed by atoms with Gasteiger partial charge in [0, 0.05) is 37.1 Å². The number of hydrogen-bond acceptors (Lipinski definition) is 6. The van der Waals surface area contributed by atoms with Crippen LogP contribution in [0.1, 0.15) is 17.5 Å². The van der Waals surface area contributed by atoms with Crippen LogP contribution in [-0.2, 0) is 22.6 Å². The van der Waals surface area contributed by atoms with Crippen molar-refractivity contribution in [2.45, 2.75) is 43.9 Å². The van der Waals surface area contributed by atoms with Gasteiger partial charge in [0.15, 0.2) is 0 Å². The van der Waals surface area contributed by atoms with E-state index in [1.54, 1.807) is 18.7 Å². The van der Waals surface area contributed by atoms with Gasteiger partial charge in [-0.25, -0.2) is 9.59 Å². The Labute approximate surface area is 183 Å². The van der Waals surface area contributed by atoms with Crippen LogP contribution in [-0.4, -0.2) is 68.2 Å². The third-order valence-corrected chi connectivity index (χ3v) is 4.24. The summed E-state index contributed by atoms with van der Waals surface area (Å²) >= 11 is 0. The monoisotopic (exact) mass is 486 g/mol. The Balaban J connectivity index is 0.000000324. The summed E-state index contributed by atoms with van der Waals surface area (Å²) in [6.45, 7) is 1.76. The van der Waals surface area contributed by atoms with Crippen LogP contribution in [0.15, 0.2) is 47.5 Å². The number of carboxylic acids is 2. The molecule has 0 spiro atoms. The molecule has 0 saturated carbocycles. The molecular formula is C19H20F6N2O6. The van der Waals surface area contributed by atoms with Gasteiger partial charge in [-0.05, 0) is 30.5 Å². The van der Waals surface area contributed by atoms with Crippen LogP contribution in [0.25, 0.3) is 0 Å². The molecule has 1 saturated heterocycles. The molecule has 0 aliphatic carbocycles. The van der Waals surface area contributed by atoms with Crippen molar-refractivity contribution in [1.82, 2.24) is 9.88 Å². The molecule has 0 amide bonds. The quantitative estimate of drug-likeness (QED) is 0.564. The maximum absolute atomic E-state index is 10.6. The summed E-state index contributed by atoms with van der Waals surface area (Å²) < 4.78 is 68.6. The largest absolute Gasteiger partial charge is 0.490 e. The number of nitrogens with zero attached hydrogens (tertiary/aromatic N) is 2. The second-order valence-electron chi connectivity index (χ2n) is 6.70.